The van der Waals surface area contributed by atoms with Crippen molar-refractivity contribution in [2.45, 2.75) is 70.0 Å². The van der Waals surface area contributed by atoms with Crippen LogP contribution in [0.15, 0.2) is 36.5 Å². The number of aromatic nitrogens is 3. The lowest BCUT2D eigenvalue weighted by Gasteiger charge is -2.35. The van der Waals surface area contributed by atoms with Crippen LogP contribution in [0, 0.1) is 18.7 Å². The Morgan fingerprint density at radius 2 is 1.90 bits per heavy atom. The molecule has 1 saturated heterocycles. The highest BCUT2D eigenvalue weighted by molar-refractivity contribution is 6.05. The number of pyridine rings is 1. The van der Waals surface area contributed by atoms with Gasteiger partial charge in [0.25, 0.3) is 5.91 Å². The quantitative estimate of drug-likeness (QED) is 0.436. The van der Waals surface area contributed by atoms with Crippen LogP contribution in [0.25, 0.3) is 11.3 Å². The standard InChI is InChI=1S/C30H31FN6O3/c1-16-2-7-24(31)28(33-16)23-15-37(35-27(23)18-3-4-18)21-10-17(11-21)13-32-20-5-6-22-19(12-20)14-36(30(22)40)25-8-9-26(38)34-29(25)39/h2,5-7,12,15,17-18,21,25,32H,3-4,8-11,13-14H2,1H3,(H,34,38,39)/t17?,21?,25-/m0/s1. The molecule has 9 nitrogen and oxygen atoms in total. The van der Waals surface area contributed by atoms with E-state index in [9.17, 15) is 18.8 Å². The maximum atomic E-state index is 14.6. The molecule has 0 bridgehead atoms. The first-order valence-corrected chi connectivity index (χ1v) is 14.1. The molecule has 7 rings (SSSR count). The fraction of sp³-hybridized carbons (Fsp3) is 0.433. The van der Waals surface area contributed by atoms with Crippen LogP contribution in [0.1, 0.15) is 77.8 Å². The lowest BCUT2D eigenvalue weighted by atomic mass is 9.80. The number of nitrogens with one attached hydrogen (secondary N) is 2. The summed E-state index contributed by atoms with van der Waals surface area (Å²) < 4.78 is 16.7. The molecule has 4 aliphatic rings. The maximum Gasteiger partial charge on any atom is 0.255 e. The van der Waals surface area contributed by atoms with Gasteiger partial charge in [-0.3, -0.25) is 24.4 Å². The van der Waals surface area contributed by atoms with Gasteiger partial charge in [-0.2, -0.15) is 5.10 Å². The summed E-state index contributed by atoms with van der Waals surface area (Å²) in [5.41, 5.74) is 5.43. The number of hydrogen-bond acceptors (Lipinski definition) is 6. The van der Waals surface area contributed by atoms with Crippen molar-refractivity contribution in [3.05, 3.63) is 64.9 Å². The fourth-order valence-electron chi connectivity index (χ4n) is 6.19. The van der Waals surface area contributed by atoms with Crippen LogP contribution in [0.4, 0.5) is 10.1 Å². The van der Waals surface area contributed by atoms with Gasteiger partial charge in [-0.05, 0) is 80.8 Å². The number of carbonyl (C=O) groups is 3. The Labute approximate surface area is 231 Å². The molecule has 206 valence electrons. The van der Waals surface area contributed by atoms with E-state index in [4.69, 9.17) is 5.10 Å². The summed E-state index contributed by atoms with van der Waals surface area (Å²) in [5.74, 6) is -0.284. The molecule has 40 heavy (non-hydrogen) atoms. The van der Waals surface area contributed by atoms with Gasteiger partial charge in [0.1, 0.15) is 17.6 Å². The third kappa shape index (κ3) is 4.45. The van der Waals surface area contributed by atoms with Gasteiger partial charge in [-0.25, -0.2) is 9.37 Å². The molecule has 2 aromatic heterocycles. The number of imide groups is 1. The molecule has 4 heterocycles. The number of nitrogens with zero attached hydrogens (tertiary/aromatic N) is 4. The second kappa shape index (κ2) is 9.53. The number of hydrogen-bond donors (Lipinski definition) is 2. The molecule has 0 unspecified atom stereocenters. The highest BCUT2D eigenvalue weighted by Gasteiger charge is 2.39. The minimum absolute atomic E-state index is 0.164. The van der Waals surface area contributed by atoms with E-state index in [1.54, 1.807) is 11.0 Å². The van der Waals surface area contributed by atoms with Crippen LogP contribution < -0.4 is 10.6 Å². The van der Waals surface area contributed by atoms with Gasteiger partial charge in [0, 0.05) is 54.1 Å². The van der Waals surface area contributed by atoms with Crippen LogP contribution >= 0.6 is 0 Å². The molecular formula is C30H31FN6O3. The Kier molecular flexibility index (Phi) is 5.94. The molecule has 1 atom stereocenters. The van der Waals surface area contributed by atoms with Crippen LogP contribution in [0.2, 0.25) is 0 Å². The average Bonchev–Trinajstić information content (AvgIpc) is 3.58. The molecule has 3 amide bonds. The van der Waals surface area contributed by atoms with Crippen molar-refractivity contribution >= 4 is 23.4 Å². The van der Waals surface area contributed by atoms with Crippen LogP contribution in [-0.4, -0.2) is 50.0 Å². The van der Waals surface area contributed by atoms with Crippen molar-refractivity contribution in [2.24, 2.45) is 5.92 Å². The number of benzene rings is 1. The number of carbonyl (C=O) groups excluding carboxylic acids is 3. The number of halogens is 1. The Bertz CT molecular complexity index is 1540. The van der Waals surface area contributed by atoms with Crippen molar-refractivity contribution in [1.29, 1.82) is 0 Å². The Hall–Kier alpha value is -4.08. The number of anilines is 1. The molecule has 0 spiro atoms. The molecule has 2 aliphatic carbocycles. The van der Waals surface area contributed by atoms with Gasteiger partial charge in [-0.15, -0.1) is 0 Å². The molecule has 2 saturated carbocycles. The van der Waals surface area contributed by atoms with Crippen molar-refractivity contribution in [3.63, 3.8) is 0 Å². The average molecular weight is 543 g/mol. The maximum absolute atomic E-state index is 14.6. The molecule has 0 radical (unpaired) electrons. The molecule has 2 aliphatic heterocycles. The number of piperidine rings is 1. The summed E-state index contributed by atoms with van der Waals surface area (Å²) in [6, 6.07) is 8.56. The number of amides is 3. The normalized spacial score (nSPS) is 24.1. The van der Waals surface area contributed by atoms with E-state index in [1.807, 2.05) is 36.0 Å². The summed E-state index contributed by atoms with van der Waals surface area (Å²) in [5, 5.41) is 10.8. The predicted molar refractivity (Wildman–Crippen MR) is 145 cm³/mol. The lowest BCUT2D eigenvalue weighted by molar-refractivity contribution is -0.136. The molecular weight excluding hydrogens is 511 g/mol. The molecule has 3 fully saturated rings. The van der Waals surface area contributed by atoms with E-state index in [0.29, 0.717) is 36.1 Å². The zero-order chi connectivity index (χ0) is 27.5. The largest absolute Gasteiger partial charge is 0.385 e. The molecule has 2 N–H and O–H groups in total. The summed E-state index contributed by atoms with van der Waals surface area (Å²) in [6.45, 7) is 3.04. The van der Waals surface area contributed by atoms with E-state index in [-0.39, 0.29) is 30.1 Å². The molecule has 3 aromatic rings. The van der Waals surface area contributed by atoms with Gasteiger partial charge >= 0.3 is 0 Å². The number of rotatable bonds is 7. The topological polar surface area (TPSA) is 109 Å². The number of fused-ring (bicyclic) bond motifs is 1. The van der Waals surface area contributed by atoms with E-state index in [2.05, 4.69) is 15.6 Å². The van der Waals surface area contributed by atoms with E-state index in [0.717, 1.165) is 60.4 Å². The fourth-order valence-corrected chi connectivity index (χ4v) is 6.19. The summed E-state index contributed by atoms with van der Waals surface area (Å²) in [7, 11) is 0. The van der Waals surface area contributed by atoms with Crippen LogP contribution in [0.3, 0.4) is 0 Å². The third-order valence-electron chi connectivity index (χ3n) is 8.67. The third-order valence-corrected chi connectivity index (χ3v) is 8.67. The molecule has 1 aromatic carbocycles. The van der Waals surface area contributed by atoms with E-state index < -0.39 is 11.9 Å². The van der Waals surface area contributed by atoms with E-state index in [1.165, 1.54) is 6.07 Å². The predicted octanol–water partition coefficient (Wildman–Crippen LogP) is 4.09. The van der Waals surface area contributed by atoms with Crippen LogP contribution in [-0.2, 0) is 16.1 Å². The van der Waals surface area contributed by atoms with Gasteiger partial charge in [-0.1, -0.05) is 0 Å². The SMILES string of the molecule is Cc1ccc(F)c(-c2cn(C3CC(CNc4ccc5c(c4)CN([C@H]4CCC(=O)NC4=O)C5=O)C3)nc2C2CC2)n1. The van der Waals surface area contributed by atoms with Gasteiger partial charge < -0.3 is 10.2 Å². The highest BCUT2D eigenvalue weighted by Crippen LogP contribution is 2.46. The van der Waals surface area contributed by atoms with Crippen molar-refractivity contribution < 1.29 is 18.8 Å². The summed E-state index contributed by atoms with van der Waals surface area (Å²) in [4.78, 5) is 42.8. The zero-order valence-electron chi connectivity index (χ0n) is 22.3. The second-order valence-corrected chi connectivity index (χ2v) is 11.6. The minimum atomic E-state index is -0.609. The first-order valence-electron chi connectivity index (χ1n) is 14.1. The van der Waals surface area contributed by atoms with Gasteiger partial charge in [0.2, 0.25) is 11.8 Å². The Balaban J connectivity index is 0.978. The summed E-state index contributed by atoms with van der Waals surface area (Å²) in [6.07, 6.45) is 6.72. The van der Waals surface area contributed by atoms with Crippen molar-refractivity contribution in [2.75, 3.05) is 11.9 Å². The first-order chi connectivity index (χ1) is 19.3. The Morgan fingerprint density at radius 1 is 1.07 bits per heavy atom. The minimum Gasteiger partial charge on any atom is -0.385 e. The summed E-state index contributed by atoms with van der Waals surface area (Å²) >= 11 is 0. The highest BCUT2D eigenvalue weighted by atomic mass is 19.1. The molecule has 10 heteroatoms. The van der Waals surface area contributed by atoms with Crippen molar-refractivity contribution in [3.8, 4) is 11.3 Å². The van der Waals surface area contributed by atoms with Gasteiger partial charge in [0.05, 0.1) is 11.7 Å². The van der Waals surface area contributed by atoms with Crippen molar-refractivity contribution in [1.82, 2.24) is 25.0 Å². The smallest absolute Gasteiger partial charge is 0.255 e. The lowest BCUT2D eigenvalue weighted by Crippen LogP contribution is -2.52. The van der Waals surface area contributed by atoms with E-state index >= 15 is 0 Å². The van der Waals surface area contributed by atoms with Crippen LogP contribution in [0.5, 0.6) is 0 Å². The number of aryl methyl sites for hydroxylation is 1. The first kappa shape index (κ1) is 24.9. The second-order valence-electron chi connectivity index (χ2n) is 11.6. The monoisotopic (exact) mass is 542 g/mol. The van der Waals surface area contributed by atoms with Gasteiger partial charge in [0.15, 0.2) is 0 Å². The zero-order valence-corrected chi connectivity index (χ0v) is 22.3. The Morgan fingerprint density at radius 3 is 2.67 bits per heavy atom.